The van der Waals surface area contributed by atoms with E-state index in [9.17, 15) is 13.2 Å². The largest absolute Gasteiger partial charge is 0.483 e. The topological polar surface area (TPSA) is 129 Å². The Kier molecular flexibility index (Phi) is 8.52. The monoisotopic (exact) mass is 448 g/mol. The Hall–Kier alpha value is -2.98. The molecule has 2 heterocycles. The zero-order valence-electron chi connectivity index (χ0n) is 17.6. The van der Waals surface area contributed by atoms with Crippen LogP contribution in [-0.4, -0.2) is 63.3 Å². The second kappa shape index (κ2) is 10.9. The predicted octanol–water partition coefficient (Wildman–Crippen LogP) is 0.805. The lowest BCUT2D eigenvalue weighted by atomic mass is 9.73. The van der Waals surface area contributed by atoms with E-state index in [0.29, 0.717) is 19.5 Å². The molecule has 0 radical (unpaired) electrons. The Labute approximate surface area is 182 Å². The third-order valence-corrected chi connectivity index (χ3v) is 6.41. The molecule has 1 aliphatic rings. The molecule has 31 heavy (non-hydrogen) atoms. The number of amides is 1. The first-order valence-electron chi connectivity index (χ1n) is 9.74. The molecule has 1 aromatic carbocycles. The van der Waals surface area contributed by atoms with E-state index in [-0.39, 0.29) is 24.7 Å². The van der Waals surface area contributed by atoms with Crippen molar-refractivity contribution in [2.24, 2.45) is 5.41 Å². The Morgan fingerprint density at radius 3 is 2.48 bits per heavy atom. The molecule has 2 aromatic rings. The molecule has 9 nitrogen and oxygen atoms in total. The average Bonchev–Trinajstić information content (AvgIpc) is 2.71. The van der Waals surface area contributed by atoms with E-state index in [0.717, 1.165) is 16.9 Å². The Bertz CT molecular complexity index is 976. The minimum absolute atomic E-state index is 0.0846. The van der Waals surface area contributed by atoms with Gasteiger partial charge in [0.25, 0.3) is 6.47 Å². The number of nitrogens with zero attached hydrogens (tertiary/aromatic N) is 2. The highest BCUT2D eigenvalue weighted by molar-refractivity contribution is 7.89. The second-order valence-electron chi connectivity index (χ2n) is 7.37. The van der Waals surface area contributed by atoms with Gasteiger partial charge in [0.1, 0.15) is 5.82 Å². The quantitative estimate of drug-likeness (QED) is 0.510. The molecule has 1 aliphatic heterocycles. The van der Waals surface area contributed by atoms with Crippen LogP contribution in [0.25, 0.3) is 0 Å². The van der Waals surface area contributed by atoms with Gasteiger partial charge in [-0.05, 0) is 43.7 Å². The predicted molar refractivity (Wildman–Crippen MR) is 118 cm³/mol. The molecule has 0 atom stereocenters. The van der Waals surface area contributed by atoms with Gasteiger partial charge in [0.15, 0.2) is 0 Å². The van der Waals surface area contributed by atoms with Gasteiger partial charge in [0.2, 0.25) is 15.9 Å². The van der Waals surface area contributed by atoms with Gasteiger partial charge in [-0.25, -0.2) is 18.1 Å². The van der Waals surface area contributed by atoms with Crippen molar-refractivity contribution in [3.05, 3.63) is 59.8 Å². The molecule has 0 spiro atoms. The van der Waals surface area contributed by atoms with Gasteiger partial charge in [0.05, 0.1) is 11.2 Å². The number of carbonyl (C=O) groups excluding carboxylic acids is 1. The number of pyridine rings is 1. The fourth-order valence-corrected chi connectivity index (χ4v) is 4.03. The second-order valence-corrected chi connectivity index (χ2v) is 9.42. The maximum Gasteiger partial charge on any atom is 0.290 e. The third-order valence-electron chi connectivity index (χ3n) is 5.05. The summed E-state index contributed by atoms with van der Waals surface area (Å²) in [6.45, 7) is 2.93. The van der Waals surface area contributed by atoms with Crippen LogP contribution in [0.1, 0.15) is 11.1 Å². The number of nitrogens with one attached hydrogen (secondary N) is 2. The van der Waals surface area contributed by atoms with Gasteiger partial charge >= 0.3 is 0 Å². The van der Waals surface area contributed by atoms with Gasteiger partial charge in [-0.3, -0.25) is 9.59 Å². The lowest BCUT2D eigenvalue weighted by molar-refractivity contribution is -0.132. The van der Waals surface area contributed by atoms with Crippen molar-refractivity contribution < 1.29 is 23.1 Å². The van der Waals surface area contributed by atoms with E-state index in [1.54, 1.807) is 6.20 Å². The maximum atomic E-state index is 13.0. The average molecular weight is 449 g/mol. The van der Waals surface area contributed by atoms with Crippen molar-refractivity contribution in [1.29, 1.82) is 0 Å². The fourth-order valence-electron chi connectivity index (χ4n) is 3.45. The van der Waals surface area contributed by atoms with Crippen LogP contribution >= 0.6 is 0 Å². The molecule has 0 unspecified atom stereocenters. The molecular weight excluding hydrogens is 420 g/mol. The number of rotatable bonds is 8. The molecular formula is C21H28N4O5S. The number of sulfonamides is 1. The van der Waals surface area contributed by atoms with E-state index >= 15 is 0 Å². The maximum absolute atomic E-state index is 13.0. The van der Waals surface area contributed by atoms with Crippen LogP contribution < -0.4 is 14.9 Å². The van der Waals surface area contributed by atoms with Crippen LogP contribution in [0.2, 0.25) is 0 Å². The Morgan fingerprint density at radius 1 is 1.26 bits per heavy atom. The molecule has 10 heteroatoms. The van der Waals surface area contributed by atoms with Crippen LogP contribution in [0.4, 0.5) is 5.82 Å². The molecule has 0 aliphatic carbocycles. The summed E-state index contributed by atoms with van der Waals surface area (Å²) >= 11 is 0. The minimum Gasteiger partial charge on any atom is -0.483 e. The van der Waals surface area contributed by atoms with E-state index in [2.05, 4.69) is 19.9 Å². The van der Waals surface area contributed by atoms with Gasteiger partial charge in [0, 0.05) is 25.8 Å². The molecule has 3 N–H and O–H groups in total. The van der Waals surface area contributed by atoms with Crippen molar-refractivity contribution in [3.63, 3.8) is 0 Å². The highest BCUT2D eigenvalue weighted by Gasteiger charge is 2.49. The first kappa shape index (κ1) is 24.3. The molecule has 168 valence electrons. The van der Waals surface area contributed by atoms with Gasteiger partial charge in [-0.1, -0.05) is 30.3 Å². The highest BCUT2D eigenvalue weighted by Crippen LogP contribution is 2.37. The fraction of sp³-hybridized carbons (Fsp3) is 0.381. The number of hydrogen-bond acceptors (Lipinski definition) is 6. The van der Waals surface area contributed by atoms with E-state index < -0.39 is 15.4 Å². The number of carboxylic acid groups (broad SMARTS) is 1. The summed E-state index contributed by atoms with van der Waals surface area (Å²) in [4.78, 5) is 27.8. The van der Waals surface area contributed by atoms with Gasteiger partial charge < -0.3 is 15.3 Å². The summed E-state index contributed by atoms with van der Waals surface area (Å²) in [6, 6.07) is 13.8. The first-order valence-corrected chi connectivity index (χ1v) is 11.4. The summed E-state index contributed by atoms with van der Waals surface area (Å²) in [7, 11) is -1.98. The van der Waals surface area contributed by atoms with Crippen molar-refractivity contribution >= 4 is 28.2 Å². The lowest BCUT2D eigenvalue weighted by Gasteiger charge is -2.49. The lowest BCUT2D eigenvalue weighted by Crippen LogP contribution is -2.65. The highest BCUT2D eigenvalue weighted by atomic mass is 32.2. The van der Waals surface area contributed by atoms with E-state index in [4.69, 9.17) is 9.90 Å². The van der Waals surface area contributed by atoms with Crippen molar-refractivity contribution in [1.82, 2.24) is 15.0 Å². The van der Waals surface area contributed by atoms with Gasteiger partial charge in [-0.2, -0.15) is 0 Å². The number of anilines is 1. The molecule has 1 saturated heterocycles. The van der Waals surface area contributed by atoms with Gasteiger partial charge in [-0.15, -0.1) is 0 Å². The SMILES string of the molecule is CNS(=O)(=O)CCNC(=O)C1(Cc2ccccc2)CN(c2cc(C)ccn2)C1.O=CO. The molecule has 1 aromatic heterocycles. The summed E-state index contributed by atoms with van der Waals surface area (Å²) in [5.41, 5.74) is 1.60. The number of hydrogen-bond donors (Lipinski definition) is 3. The van der Waals surface area contributed by atoms with Crippen LogP contribution in [0.5, 0.6) is 0 Å². The normalized spacial score (nSPS) is 14.6. The number of aryl methyl sites for hydroxylation is 1. The zero-order valence-corrected chi connectivity index (χ0v) is 18.4. The summed E-state index contributed by atoms with van der Waals surface area (Å²) < 4.78 is 25.5. The van der Waals surface area contributed by atoms with Crippen LogP contribution in [-0.2, 0) is 26.0 Å². The summed E-state index contributed by atoms with van der Waals surface area (Å²) in [5.74, 6) is 0.598. The van der Waals surface area contributed by atoms with Crippen LogP contribution in [0.3, 0.4) is 0 Å². The van der Waals surface area contributed by atoms with E-state index in [1.165, 1.54) is 7.05 Å². The molecule has 1 fully saturated rings. The smallest absolute Gasteiger partial charge is 0.290 e. The van der Waals surface area contributed by atoms with Crippen molar-refractivity contribution in [2.75, 3.05) is 37.3 Å². The Morgan fingerprint density at radius 2 is 1.90 bits per heavy atom. The van der Waals surface area contributed by atoms with E-state index in [1.807, 2.05) is 49.4 Å². The van der Waals surface area contributed by atoms with Crippen LogP contribution in [0.15, 0.2) is 48.7 Å². The molecule has 0 saturated carbocycles. The number of aromatic nitrogens is 1. The van der Waals surface area contributed by atoms with Crippen molar-refractivity contribution in [2.45, 2.75) is 13.3 Å². The molecule has 3 rings (SSSR count). The standard InChI is InChI=1S/C20H26N4O3S.CH2O2/c1-16-8-9-22-18(12-16)24-14-20(15-24,13-17-6-4-3-5-7-17)19(25)23-10-11-28(26,27)21-2;2-1-3/h3-9,12,21H,10-11,13-15H2,1-2H3,(H,23,25);1H,(H,2,3). The zero-order chi connectivity index (χ0) is 22.9. The minimum atomic E-state index is -3.35. The Balaban J connectivity index is 0.00000107. The third kappa shape index (κ3) is 6.76. The molecule has 1 amide bonds. The summed E-state index contributed by atoms with van der Waals surface area (Å²) in [5, 5.41) is 9.70. The first-order chi connectivity index (χ1) is 14.7. The van der Waals surface area contributed by atoms with Crippen molar-refractivity contribution in [3.8, 4) is 0 Å². The van der Waals surface area contributed by atoms with Crippen LogP contribution in [0, 0.1) is 12.3 Å². The number of benzene rings is 1. The molecule has 0 bridgehead atoms. The number of carbonyl (C=O) groups is 2. The summed E-state index contributed by atoms with van der Waals surface area (Å²) in [6.07, 6.45) is 2.37.